The van der Waals surface area contributed by atoms with Crippen molar-refractivity contribution in [2.45, 2.75) is 12.5 Å². The molecule has 1 saturated heterocycles. The van der Waals surface area contributed by atoms with Crippen molar-refractivity contribution < 1.29 is 4.74 Å². The topological polar surface area (TPSA) is 25.4 Å². The molecule has 116 valence electrons. The molecule has 1 aliphatic heterocycles. The summed E-state index contributed by atoms with van der Waals surface area (Å²) in [5.74, 6) is 0. The number of thiazole rings is 1. The summed E-state index contributed by atoms with van der Waals surface area (Å²) in [7, 11) is 0. The van der Waals surface area contributed by atoms with E-state index in [1.54, 1.807) is 11.3 Å². The number of halogens is 1. The molecule has 0 aliphatic carbocycles. The van der Waals surface area contributed by atoms with Crippen LogP contribution in [0.2, 0.25) is 0 Å². The largest absolute Gasteiger partial charge is 0.462 e. The molecule has 0 amide bonds. The van der Waals surface area contributed by atoms with Gasteiger partial charge in [0.1, 0.15) is 6.10 Å². The summed E-state index contributed by atoms with van der Waals surface area (Å²) in [6.45, 7) is 0.819. The first-order chi connectivity index (χ1) is 11.2. The van der Waals surface area contributed by atoms with Gasteiger partial charge in [0.05, 0.1) is 10.2 Å². The van der Waals surface area contributed by atoms with Gasteiger partial charge in [0.25, 0.3) is 5.17 Å². The molecule has 1 fully saturated rings. The lowest BCUT2D eigenvalue weighted by Crippen LogP contribution is -2.38. The molecular weight excluding hydrogens is 392 g/mol. The van der Waals surface area contributed by atoms with Gasteiger partial charge in [-0.2, -0.15) is 0 Å². The van der Waals surface area contributed by atoms with E-state index in [-0.39, 0.29) is 6.10 Å². The Balaban J connectivity index is 1.57. The fraction of sp³-hybridized carbons (Fsp3) is 0.176. The molecule has 6 heteroatoms. The molecule has 0 N–H and O–H groups in total. The van der Waals surface area contributed by atoms with Crippen LogP contribution in [0.3, 0.4) is 0 Å². The van der Waals surface area contributed by atoms with E-state index in [4.69, 9.17) is 17.0 Å². The maximum absolute atomic E-state index is 5.97. The average Bonchev–Trinajstić information content (AvgIpc) is 2.98. The molecule has 1 aliphatic rings. The van der Waals surface area contributed by atoms with E-state index in [1.807, 2.05) is 35.2 Å². The molecule has 23 heavy (non-hydrogen) atoms. The number of nitrogens with zero attached hydrogens (tertiary/aromatic N) is 2. The van der Waals surface area contributed by atoms with Crippen molar-refractivity contribution in [3.63, 3.8) is 0 Å². The van der Waals surface area contributed by atoms with Crippen LogP contribution in [-0.2, 0) is 4.74 Å². The van der Waals surface area contributed by atoms with Gasteiger partial charge in [-0.25, -0.2) is 4.98 Å². The molecule has 4 rings (SSSR count). The van der Waals surface area contributed by atoms with Crippen LogP contribution in [0, 0.1) is 0 Å². The first-order valence-electron chi connectivity index (χ1n) is 7.30. The van der Waals surface area contributed by atoms with Crippen molar-refractivity contribution in [1.82, 2.24) is 4.98 Å². The predicted octanol–water partition coefficient (Wildman–Crippen LogP) is 5.31. The number of hydrogen-bond donors (Lipinski definition) is 0. The minimum Gasteiger partial charge on any atom is -0.462 e. The third-order valence-corrected chi connectivity index (χ3v) is 5.67. The van der Waals surface area contributed by atoms with Crippen LogP contribution in [0.25, 0.3) is 10.2 Å². The number of benzene rings is 2. The SMILES string of the molecule is S=C1OC(c2ccccc2)CCN1c1nc2ccc(Br)cc2s1. The van der Waals surface area contributed by atoms with Crippen molar-refractivity contribution >= 4 is 60.0 Å². The average molecular weight is 405 g/mol. The molecular formula is C17H13BrN2OS2. The Labute approximate surface area is 152 Å². The number of rotatable bonds is 2. The third-order valence-electron chi connectivity index (χ3n) is 3.82. The van der Waals surface area contributed by atoms with Gasteiger partial charge in [-0.15, -0.1) is 0 Å². The molecule has 1 atom stereocenters. The van der Waals surface area contributed by atoms with Crippen LogP contribution in [0.4, 0.5) is 5.13 Å². The van der Waals surface area contributed by atoms with Gasteiger partial charge in [-0.3, -0.25) is 4.90 Å². The first-order valence-corrected chi connectivity index (χ1v) is 9.32. The smallest absolute Gasteiger partial charge is 0.266 e. The standard InChI is InChI=1S/C17H13BrN2OS2/c18-12-6-7-13-15(10-12)23-16(19-13)20-9-8-14(21-17(20)22)11-4-2-1-3-5-11/h1-7,10,14H,8-9H2. The van der Waals surface area contributed by atoms with Crippen LogP contribution in [0.15, 0.2) is 53.0 Å². The van der Waals surface area contributed by atoms with Gasteiger partial charge in [0.2, 0.25) is 0 Å². The monoisotopic (exact) mass is 404 g/mol. The molecule has 1 unspecified atom stereocenters. The minimum absolute atomic E-state index is 0.0310. The Morgan fingerprint density at radius 2 is 2.04 bits per heavy atom. The van der Waals surface area contributed by atoms with Crippen molar-refractivity contribution in [2.24, 2.45) is 0 Å². The van der Waals surface area contributed by atoms with E-state index in [2.05, 4.69) is 39.1 Å². The van der Waals surface area contributed by atoms with E-state index >= 15 is 0 Å². The van der Waals surface area contributed by atoms with Gasteiger partial charge >= 0.3 is 0 Å². The highest BCUT2D eigenvalue weighted by Crippen LogP contribution is 2.35. The van der Waals surface area contributed by atoms with E-state index in [9.17, 15) is 0 Å². The zero-order valence-corrected chi connectivity index (χ0v) is 15.3. The molecule has 2 aromatic carbocycles. The van der Waals surface area contributed by atoms with E-state index in [0.717, 1.165) is 32.8 Å². The third kappa shape index (κ3) is 2.98. The zero-order chi connectivity index (χ0) is 15.8. The molecule has 0 spiro atoms. The second-order valence-corrected chi connectivity index (χ2v) is 7.61. The summed E-state index contributed by atoms with van der Waals surface area (Å²) in [4.78, 5) is 6.68. The van der Waals surface area contributed by atoms with E-state index in [1.165, 1.54) is 5.56 Å². The number of aromatic nitrogens is 1. The summed E-state index contributed by atoms with van der Waals surface area (Å²) >= 11 is 10.6. The van der Waals surface area contributed by atoms with Crippen molar-refractivity contribution in [1.29, 1.82) is 0 Å². The molecule has 3 aromatic rings. The normalized spacial score (nSPS) is 18.2. The summed E-state index contributed by atoms with van der Waals surface area (Å²) < 4.78 is 8.17. The van der Waals surface area contributed by atoms with Crippen LogP contribution >= 0.6 is 39.5 Å². The Kier molecular flexibility index (Phi) is 4.05. The second-order valence-electron chi connectivity index (χ2n) is 5.33. The predicted molar refractivity (Wildman–Crippen MR) is 102 cm³/mol. The molecule has 2 heterocycles. The Bertz CT molecular complexity index is 865. The number of thiocarbonyl (C=S) groups is 1. The lowest BCUT2D eigenvalue weighted by atomic mass is 10.1. The van der Waals surface area contributed by atoms with Crippen molar-refractivity contribution in [2.75, 3.05) is 11.4 Å². The Hall–Kier alpha value is -1.50. The van der Waals surface area contributed by atoms with E-state index < -0.39 is 0 Å². The molecule has 3 nitrogen and oxygen atoms in total. The van der Waals surface area contributed by atoms with Gasteiger partial charge < -0.3 is 4.74 Å². The molecule has 0 bridgehead atoms. The molecule has 0 radical (unpaired) electrons. The summed E-state index contributed by atoms with van der Waals surface area (Å²) in [6.07, 6.45) is 0.924. The number of fused-ring (bicyclic) bond motifs is 1. The van der Waals surface area contributed by atoms with Crippen LogP contribution in [0.1, 0.15) is 18.1 Å². The van der Waals surface area contributed by atoms with Gasteiger partial charge in [-0.1, -0.05) is 57.6 Å². The van der Waals surface area contributed by atoms with Crippen LogP contribution < -0.4 is 4.90 Å². The lowest BCUT2D eigenvalue weighted by Gasteiger charge is -2.32. The lowest BCUT2D eigenvalue weighted by molar-refractivity contribution is 0.166. The van der Waals surface area contributed by atoms with Gasteiger partial charge in [0.15, 0.2) is 5.13 Å². The summed E-state index contributed by atoms with van der Waals surface area (Å²) in [5.41, 5.74) is 2.16. The van der Waals surface area contributed by atoms with Crippen molar-refractivity contribution in [3.8, 4) is 0 Å². The second kappa shape index (κ2) is 6.19. The number of ether oxygens (including phenoxy) is 1. The van der Waals surface area contributed by atoms with Gasteiger partial charge in [-0.05, 0) is 36.0 Å². The maximum Gasteiger partial charge on any atom is 0.266 e. The molecule has 1 aromatic heterocycles. The van der Waals surface area contributed by atoms with Crippen LogP contribution in [-0.4, -0.2) is 16.7 Å². The molecule has 0 saturated carbocycles. The van der Waals surface area contributed by atoms with E-state index in [0.29, 0.717) is 5.17 Å². The summed E-state index contributed by atoms with van der Waals surface area (Å²) in [5, 5.41) is 1.40. The highest BCUT2D eigenvalue weighted by atomic mass is 79.9. The number of hydrogen-bond acceptors (Lipinski definition) is 4. The number of anilines is 1. The van der Waals surface area contributed by atoms with Gasteiger partial charge in [0, 0.05) is 17.4 Å². The highest BCUT2D eigenvalue weighted by molar-refractivity contribution is 9.10. The first kappa shape index (κ1) is 15.1. The quantitative estimate of drug-likeness (QED) is 0.540. The summed E-state index contributed by atoms with van der Waals surface area (Å²) in [6, 6.07) is 16.3. The zero-order valence-electron chi connectivity index (χ0n) is 12.1. The Morgan fingerprint density at radius 1 is 1.22 bits per heavy atom. The Morgan fingerprint density at radius 3 is 2.83 bits per heavy atom. The van der Waals surface area contributed by atoms with Crippen LogP contribution in [0.5, 0.6) is 0 Å². The van der Waals surface area contributed by atoms with Crippen molar-refractivity contribution in [3.05, 3.63) is 58.6 Å². The highest BCUT2D eigenvalue weighted by Gasteiger charge is 2.28. The maximum atomic E-state index is 5.97. The fourth-order valence-electron chi connectivity index (χ4n) is 2.66. The fourth-order valence-corrected chi connectivity index (χ4v) is 4.55. The minimum atomic E-state index is 0.0310.